The fraction of sp³-hybridized carbons (Fsp3) is 0.133. The van der Waals surface area contributed by atoms with Crippen molar-refractivity contribution in [1.82, 2.24) is 4.98 Å². The summed E-state index contributed by atoms with van der Waals surface area (Å²) in [7, 11) is -3.27. The van der Waals surface area contributed by atoms with E-state index in [2.05, 4.69) is 4.98 Å². The van der Waals surface area contributed by atoms with Crippen LogP contribution < -0.4 is 0 Å². The van der Waals surface area contributed by atoms with Gasteiger partial charge >= 0.3 is 0 Å². The third kappa shape index (κ3) is 2.80. The van der Waals surface area contributed by atoms with Gasteiger partial charge in [0.25, 0.3) is 0 Å². The van der Waals surface area contributed by atoms with Crippen molar-refractivity contribution in [1.29, 1.82) is 0 Å². The Balaban J connectivity index is 2.06. The number of nitrogens with zero attached hydrogens (tertiary/aromatic N) is 1. The number of rotatable bonds is 3. The van der Waals surface area contributed by atoms with Crippen molar-refractivity contribution in [2.45, 2.75) is 10.3 Å². The van der Waals surface area contributed by atoms with Crippen LogP contribution in [0.2, 0.25) is 0 Å². The summed E-state index contributed by atoms with van der Waals surface area (Å²) in [5, 5.41) is -0.514. The van der Waals surface area contributed by atoms with E-state index in [1.165, 1.54) is 12.1 Å². The van der Waals surface area contributed by atoms with Gasteiger partial charge in [-0.3, -0.25) is 0 Å². The van der Waals surface area contributed by atoms with Crippen LogP contribution in [0.1, 0.15) is 16.8 Å². The first-order valence-corrected chi connectivity index (χ1v) is 8.57. The lowest BCUT2D eigenvalue weighted by Crippen LogP contribution is -1.96. The lowest BCUT2D eigenvalue weighted by molar-refractivity contribution is 0.538. The van der Waals surface area contributed by atoms with Crippen LogP contribution in [0.5, 0.6) is 0 Å². The Bertz CT molecular complexity index is 888. The van der Waals surface area contributed by atoms with Crippen LogP contribution in [0.4, 0.5) is 0 Å². The highest BCUT2D eigenvalue weighted by atomic mass is 35.5. The Labute approximate surface area is 127 Å². The molecule has 0 amide bonds. The maximum Gasteiger partial charge on any atom is 0.218 e. The number of fused-ring (bicyclic) bond motifs is 1. The van der Waals surface area contributed by atoms with Gasteiger partial charge < -0.3 is 4.42 Å². The lowest BCUT2D eigenvalue weighted by atomic mass is 10.1. The smallest absolute Gasteiger partial charge is 0.218 e. The van der Waals surface area contributed by atoms with E-state index in [1.54, 1.807) is 6.07 Å². The monoisotopic (exact) mass is 321 g/mol. The molecule has 0 aliphatic rings. The molecule has 1 heterocycles. The standard InChI is InChI=1S/C15H12ClNO3S/c1-21(18,19)11-7-8-13-12(9-11)17-15(20-13)14(16)10-5-3-2-4-6-10/h2-9,14H,1H3. The van der Waals surface area contributed by atoms with Crippen molar-refractivity contribution in [2.24, 2.45) is 0 Å². The molecule has 0 fully saturated rings. The molecule has 0 saturated heterocycles. The summed E-state index contributed by atoms with van der Waals surface area (Å²) in [6, 6.07) is 14.0. The highest BCUT2D eigenvalue weighted by Gasteiger charge is 2.18. The SMILES string of the molecule is CS(=O)(=O)c1ccc2oc(C(Cl)c3ccccc3)nc2c1. The number of hydrogen-bond acceptors (Lipinski definition) is 4. The van der Waals surface area contributed by atoms with Gasteiger partial charge in [-0.15, -0.1) is 11.6 Å². The van der Waals surface area contributed by atoms with E-state index in [0.29, 0.717) is 17.0 Å². The lowest BCUT2D eigenvalue weighted by Gasteiger charge is -2.04. The molecule has 3 aromatic rings. The minimum atomic E-state index is -3.27. The predicted molar refractivity (Wildman–Crippen MR) is 81.3 cm³/mol. The van der Waals surface area contributed by atoms with Crippen LogP contribution in [0.25, 0.3) is 11.1 Å². The van der Waals surface area contributed by atoms with E-state index in [0.717, 1.165) is 11.8 Å². The van der Waals surface area contributed by atoms with Crippen LogP contribution in [0.15, 0.2) is 57.8 Å². The third-order valence-corrected chi connectivity index (χ3v) is 4.66. The van der Waals surface area contributed by atoms with Crippen molar-refractivity contribution in [3.05, 3.63) is 60.0 Å². The summed E-state index contributed by atoms with van der Waals surface area (Å²) in [6.07, 6.45) is 1.16. The van der Waals surface area contributed by atoms with E-state index in [9.17, 15) is 8.42 Å². The molecule has 3 rings (SSSR count). The molecule has 108 valence electrons. The average molecular weight is 322 g/mol. The van der Waals surface area contributed by atoms with E-state index in [1.807, 2.05) is 30.3 Å². The fourth-order valence-corrected chi connectivity index (χ4v) is 2.91. The normalized spacial score (nSPS) is 13.4. The summed E-state index contributed by atoms with van der Waals surface area (Å²) < 4.78 is 28.7. The van der Waals surface area contributed by atoms with Crippen molar-refractivity contribution >= 4 is 32.5 Å². The summed E-state index contributed by atoms with van der Waals surface area (Å²) in [5.41, 5.74) is 1.86. The van der Waals surface area contributed by atoms with Crippen molar-refractivity contribution in [3.8, 4) is 0 Å². The molecule has 0 bridgehead atoms. The predicted octanol–water partition coefficient (Wildman–Crippen LogP) is 3.56. The van der Waals surface area contributed by atoms with E-state index in [-0.39, 0.29) is 4.90 Å². The van der Waals surface area contributed by atoms with Gasteiger partial charge in [0.2, 0.25) is 5.89 Å². The molecule has 1 unspecified atom stereocenters. The van der Waals surface area contributed by atoms with Gasteiger partial charge in [0.1, 0.15) is 10.9 Å². The minimum absolute atomic E-state index is 0.209. The second-order valence-electron chi connectivity index (χ2n) is 4.73. The molecule has 6 heteroatoms. The number of oxazole rings is 1. The van der Waals surface area contributed by atoms with Gasteiger partial charge in [-0.05, 0) is 23.8 Å². The first-order chi connectivity index (χ1) is 9.95. The summed E-state index contributed by atoms with van der Waals surface area (Å²) in [5.74, 6) is 0.350. The molecule has 4 nitrogen and oxygen atoms in total. The Hall–Kier alpha value is -1.85. The minimum Gasteiger partial charge on any atom is -0.439 e. The number of aromatic nitrogens is 1. The quantitative estimate of drug-likeness (QED) is 0.692. The van der Waals surface area contributed by atoms with Crippen LogP contribution in [0, 0.1) is 0 Å². The highest BCUT2D eigenvalue weighted by molar-refractivity contribution is 7.90. The molecule has 1 aromatic heterocycles. The summed E-state index contributed by atoms with van der Waals surface area (Å²) >= 11 is 6.36. The number of sulfone groups is 1. The topological polar surface area (TPSA) is 60.2 Å². The van der Waals surface area contributed by atoms with E-state index < -0.39 is 15.2 Å². The maximum atomic E-state index is 11.6. The molecular weight excluding hydrogens is 310 g/mol. The Kier molecular flexibility index (Phi) is 3.47. The largest absolute Gasteiger partial charge is 0.439 e. The molecular formula is C15H12ClNO3S. The molecule has 2 aromatic carbocycles. The van der Waals surface area contributed by atoms with Crippen LogP contribution in [0.3, 0.4) is 0 Å². The number of benzene rings is 2. The van der Waals surface area contributed by atoms with Gasteiger partial charge in [-0.1, -0.05) is 30.3 Å². The van der Waals surface area contributed by atoms with E-state index >= 15 is 0 Å². The summed E-state index contributed by atoms with van der Waals surface area (Å²) in [4.78, 5) is 4.51. The average Bonchev–Trinajstić information content (AvgIpc) is 2.89. The number of halogens is 1. The zero-order valence-corrected chi connectivity index (χ0v) is 12.7. The fourth-order valence-electron chi connectivity index (χ4n) is 2.03. The second kappa shape index (κ2) is 5.16. The van der Waals surface area contributed by atoms with Crippen LogP contribution >= 0.6 is 11.6 Å². The zero-order valence-electron chi connectivity index (χ0n) is 11.2. The first kappa shape index (κ1) is 14.1. The molecule has 0 spiro atoms. The molecule has 0 N–H and O–H groups in total. The van der Waals surface area contributed by atoms with Gasteiger partial charge in [0.05, 0.1) is 4.90 Å². The van der Waals surface area contributed by atoms with Gasteiger partial charge in [0, 0.05) is 6.26 Å². The summed E-state index contributed by atoms with van der Waals surface area (Å²) in [6.45, 7) is 0. The maximum absolute atomic E-state index is 11.6. The molecule has 0 aliphatic carbocycles. The van der Waals surface area contributed by atoms with Crippen molar-refractivity contribution in [3.63, 3.8) is 0 Å². The molecule has 0 aliphatic heterocycles. The van der Waals surface area contributed by atoms with Gasteiger partial charge in [0.15, 0.2) is 15.4 Å². The third-order valence-electron chi connectivity index (χ3n) is 3.11. The van der Waals surface area contributed by atoms with Gasteiger partial charge in [-0.25, -0.2) is 13.4 Å². The first-order valence-electron chi connectivity index (χ1n) is 6.25. The van der Waals surface area contributed by atoms with Gasteiger partial charge in [-0.2, -0.15) is 0 Å². The Morgan fingerprint density at radius 2 is 1.86 bits per heavy atom. The number of alkyl halides is 1. The zero-order chi connectivity index (χ0) is 15.0. The van der Waals surface area contributed by atoms with Crippen molar-refractivity contribution < 1.29 is 12.8 Å². The van der Waals surface area contributed by atoms with Crippen molar-refractivity contribution in [2.75, 3.05) is 6.26 Å². The molecule has 21 heavy (non-hydrogen) atoms. The molecule has 0 radical (unpaired) electrons. The molecule has 0 saturated carbocycles. The van der Waals surface area contributed by atoms with E-state index in [4.69, 9.17) is 16.0 Å². The highest BCUT2D eigenvalue weighted by Crippen LogP contribution is 2.31. The Morgan fingerprint density at radius 3 is 2.52 bits per heavy atom. The van der Waals surface area contributed by atoms with Crippen LogP contribution in [-0.4, -0.2) is 19.7 Å². The molecule has 1 atom stereocenters. The number of hydrogen-bond donors (Lipinski definition) is 0. The Morgan fingerprint density at radius 1 is 1.14 bits per heavy atom. The van der Waals surface area contributed by atoms with Crippen LogP contribution in [-0.2, 0) is 9.84 Å². The second-order valence-corrected chi connectivity index (χ2v) is 7.18.